The van der Waals surface area contributed by atoms with Gasteiger partial charge in [0.15, 0.2) is 0 Å². The van der Waals surface area contributed by atoms with E-state index in [1.807, 2.05) is 37.3 Å². The maximum absolute atomic E-state index is 11.8. The topological polar surface area (TPSA) is 123 Å². The third-order valence-corrected chi connectivity index (χ3v) is 8.43. The second-order valence-corrected chi connectivity index (χ2v) is 12.1. The molecule has 5 aromatic rings. The number of benzene rings is 3. The number of nitriles is 1. The van der Waals surface area contributed by atoms with Gasteiger partial charge in [0.05, 0.1) is 53.2 Å². The first-order valence-electron chi connectivity index (χ1n) is 14.2. The molecule has 0 aliphatic carbocycles. The number of fused-ring (bicyclic) bond motifs is 1. The lowest BCUT2D eigenvalue weighted by Gasteiger charge is -2.28. The van der Waals surface area contributed by atoms with Gasteiger partial charge in [-0.1, -0.05) is 43.6 Å². The number of aromatic carboxylic acids is 1. The van der Waals surface area contributed by atoms with E-state index in [4.69, 9.17) is 31.3 Å². The summed E-state index contributed by atoms with van der Waals surface area (Å²) in [4.78, 5) is 25.6. The third-order valence-electron chi connectivity index (χ3n) is 8.08. The zero-order chi connectivity index (χ0) is 31.0. The van der Waals surface area contributed by atoms with Crippen LogP contribution in [0, 0.1) is 23.7 Å². The molecule has 222 valence electrons. The smallest absolute Gasteiger partial charge is 0.335 e. The van der Waals surface area contributed by atoms with E-state index in [0.717, 1.165) is 39.1 Å². The normalized spacial score (nSPS) is 15.8. The van der Waals surface area contributed by atoms with Gasteiger partial charge in [0, 0.05) is 28.6 Å². The minimum absolute atomic E-state index is 0.0191. The Balaban J connectivity index is 1.30. The molecule has 0 bridgehead atoms. The molecule has 0 radical (unpaired) electrons. The van der Waals surface area contributed by atoms with Crippen molar-refractivity contribution in [2.45, 2.75) is 39.8 Å². The molecule has 3 heterocycles. The number of carboxylic acids is 1. The highest BCUT2D eigenvalue weighted by Gasteiger charge is 2.39. The number of carboxylic acid groups (broad SMARTS) is 1. The van der Waals surface area contributed by atoms with Crippen molar-refractivity contribution in [3.05, 3.63) is 106 Å². The maximum Gasteiger partial charge on any atom is 0.335 e. The molecule has 0 spiro atoms. The van der Waals surface area contributed by atoms with Crippen LogP contribution in [-0.4, -0.2) is 43.8 Å². The summed E-state index contributed by atoms with van der Waals surface area (Å²) >= 11 is 6.90. The number of hydrogen-bond donors (Lipinski definition) is 1. The quantitative estimate of drug-likeness (QED) is 0.204. The summed E-state index contributed by atoms with van der Waals surface area (Å²) in [5.74, 6) is -0.189. The van der Waals surface area contributed by atoms with E-state index in [2.05, 4.69) is 34.5 Å². The van der Waals surface area contributed by atoms with Crippen molar-refractivity contribution < 1.29 is 19.4 Å². The summed E-state index contributed by atoms with van der Waals surface area (Å²) < 4.78 is 13.8. The molecule has 1 atom stereocenters. The van der Waals surface area contributed by atoms with E-state index >= 15 is 0 Å². The number of hydrogen-bond acceptors (Lipinski definition) is 7. The van der Waals surface area contributed by atoms with E-state index in [9.17, 15) is 9.90 Å². The molecule has 44 heavy (non-hydrogen) atoms. The first-order valence-corrected chi connectivity index (χ1v) is 14.6. The molecular formula is C34H30ClN5O4. The number of aryl methyl sites for hydroxylation is 1. The number of halogens is 1. The Hall–Kier alpha value is -4.78. The van der Waals surface area contributed by atoms with Crippen molar-refractivity contribution >= 4 is 28.6 Å². The summed E-state index contributed by atoms with van der Waals surface area (Å²) in [7, 11) is 0. The van der Waals surface area contributed by atoms with Crippen LogP contribution in [0.2, 0.25) is 5.02 Å². The summed E-state index contributed by atoms with van der Waals surface area (Å²) in [6.45, 7) is 7.69. The van der Waals surface area contributed by atoms with Crippen LogP contribution < -0.4 is 4.74 Å². The lowest BCUT2D eigenvalue weighted by atomic mass is 9.87. The fourth-order valence-electron chi connectivity index (χ4n) is 5.63. The molecule has 0 unspecified atom stereocenters. The standard InChI is InChI=1S/C34H30ClN5O4/c1-20-12-24(14-31-38-28-9-8-23(32(41)42)13-29(28)40(31)30-18-43-19-34(30,2)3)26(35)15-25(20)27-10-11-37-33(39-27)44-17-22-6-4-21(16-36)5-7-22/h4-13,15,30H,14,17-19H2,1-3H3,(H,41,42)/t30-/m1/s1. The lowest BCUT2D eigenvalue weighted by molar-refractivity contribution is 0.0697. The Morgan fingerprint density at radius 2 is 1.95 bits per heavy atom. The molecule has 9 nitrogen and oxygen atoms in total. The van der Waals surface area contributed by atoms with E-state index in [0.29, 0.717) is 35.9 Å². The van der Waals surface area contributed by atoms with Gasteiger partial charge in [0.25, 0.3) is 0 Å². The highest BCUT2D eigenvalue weighted by Crippen LogP contribution is 2.41. The Labute approximate surface area is 259 Å². The third kappa shape index (κ3) is 5.74. The van der Waals surface area contributed by atoms with Gasteiger partial charge < -0.3 is 19.1 Å². The zero-order valence-electron chi connectivity index (χ0n) is 24.5. The average Bonchev–Trinajstić information content (AvgIpc) is 3.55. The molecule has 1 aliphatic rings. The van der Waals surface area contributed by atoms with Crippen LogP contribution in [0.3, 0.4) is 0 Å². The minimum Gasteiger partial charge on any atom is -0.478 e. The molecule has 1 saturated heterocycles. The highest BCUT2D eigenvalue weighted by molar-refractivity contribution is 6.31. The Bertz CT molecular complexity index is 1930. The monoisotopic (exact) mass is 607 g/mol. The molecule has 10 heteroatoms. The first kappa shape index (κ1) is 29.3. The molecule has 2 aromatic heterocycles. The Morgan fingerprint density at radius 1 is 1.16 bits per heavy atom. The molecule has 1 fully saturated rings. The summed E-state index contributed by atoms with van der Waals surface area (Å²) in [5.41, 5.74) is 6.43. The van der Waals surface area contributed by atoms with Crippen molar-refractivity contribution in [2.75, 3.05) is 13.2 Å². The fourth-order valence-corrected chi connectivity index (χ4v) is 5.87. The number of imidazole rings is 1. The van der Waals surface area contributed by atoms with Crippen LogP contribution in [0.25, 0.3) is 22.3 Å². The Kier molecular flexibility index (Phi) is 7.80. The van der Waals surface area contributed by atoms with Crippen LogP contribution in [0.1, 0.15) is 58.3 Å². The number of carbonyl (C=O) groups is 1. The van der Waals surface area contributed by atoms with Gasteiger partial charge in [0.1, 0.15) is 12.4 Å². The number of nitrogens with zero attached hydrogens (tertiary/aromatic N) is 5. The van der Waals surface area contributed by atoms with Crippen LogP contribution in [0.4, 0.5) is 0 Å². The SMILES string of the molecule is Cc1cc(Cc2nc3ccc(C(=O)O)cc3n2[C@@H]2COCC2(C)C)c(Cl)cc1-c1ccnc(OCc2ccc(C#N)cc2)n1. The van der Waals surface area contributed by atoms with Crippen molar-refractivity contribution in [1.29, 1.82) is 5.26 Å². The van der Waals surface area contributed by atoms with Gasteiger partial charge in [-0.05, 0) is 66.1 Å². The minimum atomic E-state index is -0.982. The molecule has 6 rings (SSSR count). The zero-order valence-corrected chi connectivity index (χ0v) is 25.3. The first-order chi connectivity index (χ1) is 21.1. The fraction of sp³-hybridized carbons (Fsp3) is 0.265. The lowest BCUT2D eigenvalue weighted by Crippen LogP contribution is -2.27. The second-order valence-electron chi connectivity index (χ2n) is 11.7. The van der Waals surface area contributed by atoms with E-state index in [1.165, 1.54) is 0 Å². The van der Waals surface area contributed by atoms with Crippen LogP contribution in [0.15, 0.2) is 66.9 Å². The van der Waals surface area contributed by atoms with E-state index in [1.54, 1.807) is 36.5 Å². The van der Waals surface area contributed by atoms with Crippen molar-refractivity contribution in [3.8, 4) is 23.3 Å². The van der Waals surface area contributed by atoms with E-state index in [-0.39, 0.29) is 29.6 Å². The van der Waals surface area contributed by atoms with Gasteiger partial charge >= 0.3 is 12.0 Å². The van der Waals surface area contributed by atoms with Crippen molar-refractivity contribution in [1.82, 2.24) is 19.5 Å². The second kappa shape index (κ2) is 11.7. The summed E-state index contributed by atoms with van der Waals surface area (Å²) in [6.07, 6.45) is 2.10. The van der Waals surface area contributed by atoms with Gasteiger partial charge in [-0.25, -0.2) is 14.8 Å². The molecule has 3 aromatic carbocycles. The van der Waals surface area contributed by atoms with Gasteiger partial charge in [-0.15, -0.1) is 0 Å². The highest BCUT2D eigenvalue weighted by atomic mass is 35.5. The molecule has 0 saturated carbocycles. The van der Waals surface area contributed by atoms with Crippen molar-refractivity contribution in [3.63, 3.8) is 0 Å². The van der Waals surface area contributed by atoms with Crippen LogP contribution >= 0.6 is 11.6 Å². The predicted octanol–water partition coefficient (Wildman–Crippen LogP) is 6.79. The molecule has 1 N–H and O–H groups in total. The number of ether oxygens (including phenoxy) is 2. The number of rotatable bonds is 8. The molecule has 1 aliphatic heterocycles. The van der Waals surface area contributed by atoms with Crippen LogP contribution in [-0.2, 0) is 17.8 Å². The number of aromatic nitrogens is 4. The Morgan fingerprint density at radius 3 is 2.66 bits per heavy atom. The van der Waals surface area contributed by atoms with Crippen molar-refractivity contribution in [2.24, 2.45) is 5.41 Å². The van der Waals surface area contributed by atoms with Gasteiger partial charge in [-0.3, -0.25) is 0 Å². The molecule has 0 amide bonds. The predicted molar refractivity (Wildman–Crippen MR) is 166 cm³/mol. The van der Waals surface area contributed by atoms with Gasteiger partial charge in [-0.2, -0.15) is 10.2 Å². The van der Waals surface area contributed by atoms with Gasteiger partial charge in [0.2, 0.25) is 0 Å². The maximum atomic E-state index is 11.8. The van der Waals surface area contributed by atoms with E-state index < -0.39 is 5.97 Å². The van der Waals surface area contributed by atoms with Crippen LogP contribution in [0.5, 0.6) is 6.01 Å². The summed E-state index contributed by atoms with van der Waals surface area (Å²) in [6, 6.07) is 20.3. The largest absolute Gasteiger partial charge is 0.478 e. The average molecular weight is 608 g/mol. The molecular weight excluding hydrogens is 578 g/mol. The summed E-state index contributed by atoms with van der Waals surface area (Å²) in [5, 5.41) is 19.2.